The number of hydrogen-bond acceptors (Lipinski definition) is 3. The minimum atomic E-state index is 0.283. The Morgan fingerprint density at radius 2 is 1.84 bits per heavy atom. The van der Waals surface area contributed by atoms with Crippen molar-refractivity contribution < 1.29 is 4.74 Å². The topological polar surface area (TPSA) is 35.0 Å². The first kappa shape index (κ1) is 14.0. The molecule has 0 aliphatic rings. The van der Waals surface area contributed by atoms with Crippen LogP contribution in [-0.4, -0.2) is 9.97 Å². The van der Waals surface area contributed by atoms with E-state index in [1.54, 1.807) is 0 Å². The van der Waals surface area contributed by atoms with E-state index in [1.807, 2.05) is 38.1 Å². The van der Waals surface area contributed by atoms with Crippen LogP contribution in [-0.2, 0) is 0 Å². The molecule has 0 bridgehead atoms. The molecule has 0 saturated carbocycles. The van der Waals surface area contributed by atoms with Gasteiger partial charge in [0.1, 0.15) is 11.6 Å². The molecule has 0 aliphatic heterocycles. The molecule has 1 aromatic carbocycles. The average Bonchev–Trinajstić information content (AvgIpc) is 2.33. The molecule has 0 N–H and O–H groups in total. The lowest BCUT2D eigenvalue weighted by Gasteiger charge is -2.11. The third-order valence-corrected chi connectivity index (χ3v) is 3.22. The monoisotopic (exact) mass is 320 g/mol. The molecular weight excluding hydrogens is 304 g/mol. The van der Waals surface area contributed by atoms with Crippen LogP contribution in [0.5, 0.6) is 11.6 Å². The van der Waals surface area contributed by atoms with Crippen LogP contribution < -0.4 is 4.74 Å². The van der Waals surface area contributed by atoms with Crippen molar-refractivity contribution in [2.75, 3.05) is 0 Å². The van der Waals surface area contributed by atoms with Gasteiger partial charge in [-0.25, -0.2) is 4.98 Å². The van der Waals surface area contributed by atoms with Gasteiger partial charge in [-0.05, 0) is 31.5 Å². The molecule has 1 aromatic heterocycles. The van der Waals surface area contributed by atoms with Gasteiger partial charge < -0.3 is 4.74 Å². The highest BCUT2D eigenvalue weighted by molar-refractivity contribution is 9.10. The van der Waals surface area contributed by atoms with Gasteiger partial charge in [0.15, 0.2) is 0 Å². The first-order valence-electron chi connectivity index (χ1n) is 6.25. The second-order valence-corrected chi connectivity index (χ2v) is 5.79. The Kier molecular flexibility index (Phi) is 4.20. The maximum absolute atomic E-state index is 5.88. The number of hydrogen-bond donors (Lipinski definition) is 0. The van der Waals surface area contributed by atoms with E-state index in [2.05, 4.69) is 39.7 Å². The molecule has 0 unspecified atom stereocenters. The Balaban J connectivity index is 2.35. The fourth-order valence-corrected chi connectivity index (χ4v) is 2.01. The fourth-order valence-electron chi connectivity index (χ4n) is 1.67. The molecule has 0 atom stereocenters. The molecule has 0 saturated heterocycles. The standard InChI is InChI=1S/C15H17BrN2O/c1-9(2)15-17-11(4)7-14(18-15)19-13-8-12(16)6-5-10(13)3/h5-9H,1-4H3. The molecule has 19 heavy (non-hydrogen) atoms. The Morgan fingerprint density at radius 1 is 1.11 bits per heavy atom. The molecule has 100 valence electrons. The second-order valence-electron chi connectivity index (χ2n) is 4.87. The molecule has 2 aromatic rings. The zero-order chi connectivity index (χ0) is 14.0. The number of ether oxygens (including phenoxy) is 1. The summed E-state index contributed by atoms with van der Waals surface area (Å²) in [5.41, 5.74) is 1.99. The summed E-state index contributed by atoms with van der Waals surface area (Å²) in [4.78, 5) is 8.87. The lowest BCUT2D eigenvalue weighted by atomic mass is 10.2. The Morgan fingerprint density at radius 3 is 2.53 bits per heavy atom. The third kappa shape index (κ3) is 3.53. The maximum Gasteiger partial charge on any atom is 0.222 e. The van der Waals surface area contributed by atoms with E-state index in [0.717, 1.165) is 27.3 Å². The average molecular weight is 321 g/mol. The van der Waals surface area contributed by atoms with Crippen LogP contribution in [0.1, 0.15) is 36.8 Å². The van der Waals surface area contributed by atoms with Gasteiger partial charge in [-0.15, -0.1) is 0 Å². The smallest absolute Gasteiger partial charge is 0.222 e. The van der Waals surface area contributed by atoms with Crippen molar-refractivity contribution in [3.05, 3.63) is 45.8 Å². The third-order valence-electron chi connectivity index (χ3n) is 2.73. The maximum atomic E-state index is 5.88. The van der Waals surface area contributed by atoms with Gasteiger partial charge in [-0.3, -0.25) is 0 Å². The van der Waals surface area contributed by atoms with E-state index in [0.29, 0.717) is 5.88 Å². The Bertz CT molecular complexity index is 597. The van der Waals surface area contributed by atoms with Crippen LogP contribution in [0.3, 0.4) is 0 Å². The van der Waals surface area contributed by atoms with Gasteiger partial charge >= 0.3 is 0 Å². The summed E-state index contributed by atoms with van der Waals surface area (Å²) >= 11 is 3.45. The minimum Gasteiger partial charge on any atom is -0.439 e. The molecule has 1 heterocycles. The summed E-state index contributed by atoms with van der Waals surface area (Å²) in [6, 6.07) is 7.80. The lowest BCUT2D eigenvalue weighted by Crippen LogP contribution is -2.01. The molecule has 4 heteroatoms. The van der Waals surface area contributed by atoms with E-state index in [4.69, 9.17) is 4.74 Å². The van der Waals surface area contributed by atoms with Crippen LogP contribution in [0, 0.1) is 13.8 Å². The van der Waals surface area contributed by atoms with Crippen molar-refractivity contribution in [2.45, 2.75) is 33.6 Å². The summed E-state index contributed by atoms with van der Waals surface area (Å²) in [6.45, 7) is 8.11. The summed E-state index contributed by atoms with van der Waals surface area (Å²) in [5, 5.41) is 0. The molecule has 3 nitrogen and oxygen atoms in total. The summed E-state index contributed by atoms with van der Waals surface area (Å²) in [5.74, 6) is 2.49. The zero-order valence-electron chi connectivity index (χ0n) is 11.6. The number of nitrogens with zero attached hydrogens (tertiary/aromatic N) is 2. The van der Waals surface area contributed by atoms with Crippen LogP contribution in [0.15, 0.2) is 28.7 Å². The van der Waals surface area contributed by atoms with Gasteiger partial charge in [0.2, 0.25) is 5.88 Å². The van der Waals surface area contributed by atoms with E-state index < -0.39 is 0 Å². The largest absolute Gasteiger partial charge is 0.439 e. The quantitative estimate of drug-likeness (QED) is 0.816. The van der Waals surface area contributed by atoms with E-state index in [9.17, 15) is 0 Å². The number of halogens is 1. The number of aromatic nitrogens is 2. The Labute approximate surface area is 122 Å². The van der Waals surface area contributed by atoms with Gasteiger partial charge in [0.05, 0.1) is 0 Å². The number of aryl methyl sites for hydroxylation is 2. The summed E-state index contributed by atoms with van der Waals surface area (Å²) in [7, 11) is 0. The van der Waals surface area contributed by atoms with Crippen molar-refractivity contribution >= 4 is 15.9 Å². The molecule has 0 amide bonds. The van der Waals surface area contributed by atoms with Gasteiger partial charge in [0.25, 0.3) is 0 Å². The van der Waals surface area contributed by atoms with Crippen molar-refractivity contribution in [3.63, 3.8) is 0 Å². The zero-order valence-corrected chi connectivity index (χ0v) is 13.2. The van der Waals surface area contributed by atoms with Gasteiger partial charge in [-0.1, -0.05) is 35.8 Å². The van der Waals surface area contributed by atoms with Crippen LogP contribution in [0.4, 0.5) is 0 Å². The predicted molar refractivity (Wildman–Crippen MR) is 79.8 cm³/mol. The fraction of sp³-hybridized carbons (Fsp3) is 0.333. The SMILES string of the molecule is Cc1cc(Oc2cc(Br)ccc2C)nc(C(C)C)n1. The van der Waals surface area contributed by atoms with Crippen LogP contribution >= 0.6 is 15.9 Å². The lowest BCUT2D eigenvalue weighted by molar-refractivity contribution is 0.452. The van der Waals surface area contributed by atoms with E-state index in [-0.39, 0.29) is 5.92 Å². The highest BCUT2D eigenvalue weighted by Crippen LogP contribution is 2.28. The van der Waals surface area contributed by atoms with Gasteiger partial charge in [0, 0.05) is 22.2 Å². The first-order valence-corrected chi connectivity index (χ1v) is 7.04. The predicted octanol–water partition coefficient (Wildman–Crippen LogP) is 4.77. The van der Waals surface area contributed by atoms with E-state index in [1.165, 1.54) is 0 Å². The molecule has 0 fully saturated rings. The molecule has 2 rings (SSSR count). The summed E-state index contributed by atoms with van der Waals surface area (Å²) in [6.07, 6.45) is 0. The van der Waals surface area contributed by atoms with Crippen LogP contribution in [0.2, 0.25) is 0 Å². The molecule has 0 radical (unpaired) electrons. The van der Waals surface area contributed by atoms with Crippen LogP contribution in [0.25, 0.3) is 0 Å². The molecule has 0 aliphatic carbocycles. The first-order chi connectivity index (χ1) is 8.95. The molecular formula is C15H17BrN2O. The normalized spacial score (nSPS) is 10.8. The number of rotatable bonds is 3. The molecule has 0 spiro atoms. The second kappa shape index (κ2) is 5.70. The van der Waals surface area contributed by atoms with Crippen molar-refractivity contribution in [3.8, 4) is 11.6 Å². The highest BCUT2D eigenvalue weighted by Gasteiger charge is 2.09. The van der Waals surface area contributed by atoms with Crippen molar-refractivity contribution in [2.24, 2.45) is 0 Å². The highest BCUT2D eigenvalue weighted by atomic mass is 79.9. The van der Waals surface area contributed by atoms with Crippen molar-refractivity contribution in [1.29, 1.82) is 0 Å². The number of benzene rings is 1. The Hall–Kier alpha value is -1.42. The van der Waals surface area contributed by atoms with E-state index >= 15 is 0 Å². The minimum absolute atomic E-state index is 0.283. The van der Waals surface area contributed by atoms with Gasteiger partial charge in [-0.2, -0.15) is 4.98 Å². The summed E-state index contributed by atoms with van der Waals surface area (Å²) < 4.78 is 6.87. The van der Waals surface area contributed by atoms with Crippen molar-refractivity contribution in [1.82, 2.24) is 9.97 Å².